The molecule has 0 aromatic carbocycles. The molecule has 2 aliphatic rings. The first kappa shape index (κ1) is 13.8. The van der Waals surface area contributed by atoms with Crippen LogP contribution in [0.4, 0.5) is 0 Å². The fourth-order valence-electron chi connectivity index (χ4n) is 2.73. The monoisotopic (exact) mass is 257 g/mol. The largest absolute Gasteiger partial charge is 0.481 e. The second-order valence-corrected chi connectivity index (χ2v) is 5.60. The Hall–Kier alpha value is -0.650. The summed E-state index contributed by atoms with van der Waals surface area (Å²) in [4.78, 5) is 13.0. The van der Waals surface area contributed by atoms with Crippen LogP contribution in [0, 0.1) is 5.92 Å². The van der Waals surface area contributed by atoms with Crippen LogP contribution in [0.2, 0.25) is 0 Å². The lowest BCUT2D eigenvalue weighted by Gasteiger charge is -2.21. The molecule has 0 bridgehead atoms. The summed E-state index contributed by atoms with van der Waals surface area (Å²) >= 11 is 0. The number of carboxylic acids is 1. The highest BCUT2D eigenvalue weighted by molar-refractivity contribution is 5.67. The Kier molecular flexibility index (Phi) is 4.59. The number of carbonyl (C=O) groups is 1. The van der Waals surface area contributed by atoms with Crippen LogP contribution in [0.3, 0.4) is 0 Å². The third kappa shape index (κ3) is 3.67. The molecule has 3 atom stereocenters. The Bertz CT molecular complexity index is 295. The molecule has 0 aromatic rings. The van der Waals surface area contributed by atoms with Crippen LogP contribution in [-0.4, -0.2) is 54.1 Å². The Morgan fingerprint density at radius 2 is 2.28 bits per heavy atom. The summed E-state index contributed by atoms with van der Waals surface area (Å²) < 4.78 is 11.1. The lowest BCUT2D eigenvalue weighted by molar-refractivity contribution is -0.140. The first-order valence-corrected chi connectivity index (χ1v) is 6.77. The molecule has 0 spiro atoms. The minimum Gasteiger partial charge on any atom is -0.481 e. The molecule has 3 unspecified atom stereocenters. The van der Waals surface area contributed by atoms with Gasteiger partial charge in [-0.15, -0.1) is 0 Å². The molecule has 0 amide bonds. The van der Waals surface area contributed by atoms with Crippen molar-refractivity contribution in [2.45, 2.75) is 51.5 Å². The SMILES string of the molecule is CC(C)N1CCC(CC2OCC(CC(=O)O)O2)C1. The smallest absolute Gasteiger partial charge is 0.306 e. The van der Waals surface area contributed by atoms with Gasteiger partial charge in [0, 0.05) is 19.0 Å². The van der Waals surface area contributed by atoms with Crippen molar-refractivity contribution >= 4 is 5.97 Å². The van der Waals surface area contributed by atoms with Crippen LogP contribution in [0.5, 0.6) is 0 Å². The summed E-state index contributed by atoms with van der Waals surface area (Å²) in [6, 6.07) is 0.597. The molecule has 1 N–H and O–H groups in total. The second kappa shape index (κ2) is 5.99. The van der Waals surface area contributed by atoms with Gasteiger partial charge in [0.25, 0.3) is 0 Å². The number of nitrogens with zero attached hydrogens (tertiary/aromatic N) is 1. The van der Waals surface area contributed by atoms with Crippen LogP contribution in [0.15, 0.2) is 0 Å². The van der Waals surface area contributed by atoms with E-state index in [2.05, 4.69) is 18.7 Å². The van der Waals surface area contributed by atoms with Crippen LogP contribution < -0.4 is 0 Å². The maximum atomic E-state index is 10.6. The number of hydrogen-bond donors (Lipinski definition) is 1. The summed E-state index contributed by atoms with van der Waals surface area (Å²) in [5, 5.41) is 8.70. The first-order valence-electron chi connectivity index (χ1n) is 6.77. The fraction of sp³-hybridized carbons (Fsp3) is 0.923. The lowest BCUT2D eigenvalue weighted by atomic mass is 10.1. The summed E-state index contributed by atoms with van der Waals surface area (Å²) in [7, 11) is 0. The van der Waals surface area contributed by atoms with Gasteiger partial charge in [0.05, 0.1) is 19.1 Å². The average molecular weight is 257 g/mol. The van der Waals surface area contributed by atoms with Crippen molar-refractivity contribution in [2.75, 3.05) is 19.7 Å². The highest BCUT2D eigenvalue weighted by Gasteiger charge is 2.32. The highest BCUT2D eigenvalue weighted by Crippen LogP contribution is 2.27. The van der Waals surface area contributed by atoms with Crippen molar-refractivity contribution in [1.82, 2.24) is 4.90 Å². The predicted molar refractivity (Wildman–Crippen MR) is 66.3 cm³/mol. The van der Waals surface area contributed by atoms with Crippen LogP contribution in [0.1, 0.15) is 33.1 Å². The molecular weight excluding hydrogens is 234 g/mol. The van der Waals surface area contributed by atoms with E-state index >= 15 is 0 Å². The molecule has 2 rings (SSSR count). The van der Waals surface area contributed by atoms with E-state index in [1.165, 1.54) is 6.42 Å². The molecule has 2 heterocycles. The van der Waals surface area contributed by atoms with Crippen LogP contribution in [-0.2, 0) is 14.3 Å². The maximum Gasteiger partial charge on any atom is 0.306 e. The van der Waals surface area contributed by atoms with E-state index in [0.717, 1.165) is 19.5 Å². The number of ether oxygens (including phenoxy) is 2. The molecule has 5 nitrogen and oxygen atoms in total. The fourth-order valence-corrected chi connectivity index (χ4v) is 2.73. The van der Waals surface area contributed by atoms with Gasteiger partial charge < -0.3 is 19.5 Å². The molecule has 2 aliphatic heterocycles. The number of carboxylic acid groups (broad SMARTS) is 1. The van der Waals surface area contributed by atoms with Crippen molar-refractivity contribution in [3.8, 4) is 0 Å². The number of rotatable bonds is 5. The second-order valence-electron chi connectivity index (χ2n) is 5.60. The minimum absolute atomic E-state index is 0.0410. The van der Waals surface area contributed by atoms with Gasteiger partial charge in [-0.2, -0.15) is 0 Å². The van der Waals surface area contributed by atoms with E-state index in [0.29, 0.717) is 18.6 Å². The third-order valence-electron chi connectivity index (χ3n) is 3.79. The van der Waals surface area contributed by atoms with Crippen molar-refractivity contribution in [3.63, 3.8) is 0 Å². The van der Waals surface area contributed by atoms with Gasteiger partial charge in [0.1, 0.15) is 0 Å². The number of hydrogen-bond acceptors (Lipinski definition) is 4. The zero-order valence-corrected chi connectivity index (χ0v) is 11.2. The topological polar surface area (TPSA) is 59.0 Å². The highest BCUT2D eigenvalue weighted by atomic mass is 16.7. The summed E-state index contributed by atoms with van der Waals surface area (Å²) in [6.07, 6.45) is 1.64. The van der Waals surface area contributed by atoms with E-state index in [1.54, 1.807) is 0 Å². The lowest BCUT2D eigenvalue weighted by Crippen LogP contribution is -2.28. The minimum atomic E-state index is -0.823. The zero-order valence-electron chi connectivity index (χ0n) is 11.2. The van der Waals surface area contributed by atoms with E-state index in [1.807, 2.05) is 0 Å². The molecule has 2 fully saturated rings. The van der Waals surface area contributed by atoms with E-state index in [9.17, 15) is 4.79 Å². The van der Waals surface area contributed by atoms with Gasteiger partial charge in [-0.05, 0) is 32.7 Å². The third-order valence-corrected chi connectivity index (χ3v) is 3.79. The Balaban J connectivity index is 1.70. The summed E-state index contributed by atoms with van der Waals surface area (Å²) in [5.41, 5.74) is 0. The maximum absolute atomic E-state index is 10.6. The summed E-state index contributed by atoms with van der Waals surface area (Å²) in [5.74, 6) is -0.211. The van der Waals surface area contributed by atoms with Crippen LogP contribution in [0.25, 0.3) is 0 Å². The molecule has 104 valence electrons. The molecule has 0 radical (unpaired) electrons. The number of aliphatic carboxylic acids is 1. The van der Waals surface area contributed by atoms with Gasteiger partial charge in [0.2, 0.25) is 0 Å². The average Bonchev–Trinajstić information content (AvgIpc) is 2.88. The van der Waals surface area contributed by atoms with E-state index < -0.39 is 5.97 Å². The van der Waals surface area contributed by atoms with Gasteiger partial charge >= 0.3 is 5.97 Å². The molecule has 0 saturated carbocycles. The van der Waals surface area contributed by atoms with Gasteiger partial charge in [-0.3, -0.25) is 4.79 Å². The quantitative estimate of drug-likeness (QED) is 0.805. The van der Waals surface area contributed by atoms with Gasteiger partial charge in [0.15, 0.2) is 6.29 Å². The molecular formula is C13H23NO4. The van der Waals surface area contributed by atoms with Gasteiger partial charge in [-0.25, -0.2) is 0 Å². The predicted octanol–water partition coefficient (Wildman–Crippen LogP) is 1.32. The van der Waals surface area contributed by atoms with Crippen LogP contribution >= 0.6 is 0 Å². The van der Waals surface area contributed by atoms with Gasteiger partial charge in [-0.1, -0.05) is 0 Å². The van der Waals surface area contributed by atoms with Crippen molar-refractivity contribution < 1.29 is 19.4 Å². The molecule has 18 heavy (non-hydrogen) atoms. The van der Waals surface area contributed by atoms with E-state index in [-0.39, 0.29) is 18.8 Å². The van der Waals surface area contributed by atoms with E-state index in [4.69, 9.17) is 14.6 Å². The molecule has 2 saturated heterocycles. The zero-order chi connectivity index (χ0) is 13.1. The Labute approximate surface area is 108 Å². The molecule has 0 aliphatic carbocycles. The van der Waals surface area contributed by atoms with Crippen molar-refractivity contribution in [3.05, 3.63) is 0 Å². The normalized spacial score (nSPS) is 33.4. The van der Waals surface area contributed by atoms with Crippen molar-refractivity contribution in [1.29, 1.82) is 0 Å². The standard InChI is InChI=1S/C13H23NO4/c1-9(2)14-4-3-10(7-14)5-13-17-8-11(18-13)6-12(15)16/h9-11,13H,3-8H2,1-2H3,(H,15,16). The molecule has 0 aromatic heterocycles. The molecule has 5 heteroatoms. The number of likely N-dealkylation sites (tertiary alicyclic amines) is 1. The summed E-state index contributed by atoms with van der Waals surface area (Å²) in [6.45, 7) is 7.09. The first-order chi connectivity index (χ1) is 8.54. The van der Waals surface area contributed by atoms with Crippen molar-refractivity contribution in [2.24, 2.45) is 5.92 Å². The Morgan fingerprint density at radius 3 is 2.89 bits per heavy atom. The Morgan fingerprint density at radius 1 is 1.50 bits per heavy atom.